The van der Waals surface area contributed by atoms with Crippen LogP contribution >= 0.6 is 11.6 Å². The van der Waals surface area contributed by atoms with Crippen molar-refractivity contribution < 1.29 is 0 Å². The quantitative estimate of drug-likeness (QED) is 0.893. The molecule has 1 unspecified atom stereocenters. The Morgan fingerprint density at radius 1 is 1.16 bits per heavy atom. The summed E-state index contributed by atoms with van der Waals surface area (Å²) in [4.78, 5) is 4.92. The summed E-state index contributed by atoms with van der Waals surface area (Å²) in [7, 11) is 2.19. The molecule has 2 rings (SSSR count). The summed E-state index contributed by atoms with van der Waals surface area (Å²) < 4.78 is 0. The fraction of sp³-hybridized carbons (Fsp3) is 0.600. The monoisotopic (exact) mass is 281 g/mol. The Morgan fingerprint density at radius 2 is 1.79 bits per heavy atom. The lowest BCUT2D eigenvalue weighted by atomic mass is 10.1. The van der Waals surface area contributed by atoms with Crippen LogP contribution in [0.4, 0.5) is 0 Å². The van der Waals surface area contributed by atoms with Crippen LogP contribution in [0.5, 0.6) is 0 Å². The highest BCUT2D eigenvalue weighted by atomic mass is 35.5. The molecule has 1 aromatic carbocycles. The molecule has 4 heteroatoms. The van der Waals surface area contributed by atoms with E-state index >= 15 is 0 Å². The molecule has 1 aliphatic heterocycles. The number of hydrogen-bond donors (Lipinski definition) is 1. The van der Waals surface area contributed by atoms with Crippen molar-refractivity contribution in [3.8, 4) is 0 Å². The zero-order valence-electron chi connectivity index (χ0n) is 11.9. The van der Waals surface area contributed by atoms with Gasteiger partial charge in [0.05, 0.1) is 0 Å². The zero-order valence-corrected chi connectivity index (χ0v) is 12.7. The number of halogens is 1. The molecule has 1 aromatic rings. The van der Waals surface area contributed by atoms with Gasteiger partial charge in [0.2, 0.25) is 0 Å². The summed E-state index contributed by atoms with van der Waals surface area (Å²) in [6, 6.07) is 8.47. The fourth-order valence-electron chi connectivity index (χ4n) is 2.38. The highest BCUT2D eigenvalue weighted by Gasteiger charge is 2.13. The van der Waals surface area contributed by atoms with Gasteiger partial charge >= 0.3 is 0 Å². The number of likely N-dealkylation sites (N-methyl/N-ethyl adjacent to an activating group) is 1. The maximum absolute atomic E-state index is 5.90. The zero-order chi connectivity index (χ0) is 13.7. The van der Waals surface area contributed by atoms with Crippen molar-refractivity contribution in [1.29, 1.82) is 0 Å². The van der Waals surface area contributed by atoms with E-state index in [1.807, 2.05) is 12.1 Å². The molecule has 0 saturated carbocycles. The standard InChI is InChI=1S/C15H24ClN3/c1-13(14-3-5-15(16)6-4-14)17-7-8-19-11-9-18(2)10-12-19/h3-6,13,17H,7-12H2,1-2H3. The predicted octanol–water partition coefficient (Wildman–Crippen LogP) is 2.24. The average Bonchev–Trinajstić information content (AvgIpc) is 2.41. The van der Waals surface area contributed by atoms with Crippen LogP contribution in [0.25, 0.3) is 0 Å². The summed E-state index contributed by atoms with van der Waals surface area (Å²) >= 11 is 5.90. The molecule has 0 bridgehead atoms. The van der Waals surface area contributed by atoms with Crippen LogP contribution in [-0.2, 0) is 0 Å². The molecule has 1 saturated heterocycles. The Balaban J connectivity index is 1.69. The molecule has 0 spiro atoms. The maximum atomic E-state index is 5.90. The fourth-order valence-corrected chi connectivity index (χ4v) is 2.51. The molecule has 0 radical (unpaired) electrons. The van der Waals surface area contributed by atoms with Crippen LogP contribution in [0, 0.1) is 0 Å². The van der Waals surface area contributed by atoms with Crippen molar-refractivity contribution in [2.45, 2.75) is 13.0 Å². The van der Waals surface area contributed by atoms with E-state index in [9.17, 15) is 0 Å². The first-order valence-electron chi connectivity index (χ1n) is 7.05. The molecule has 1 heterocycles. The second-order valence-corrected chi connectivity index (χ2v) is 5.81. The van der Waals surface area contributed by atoms with E-state index in [2.05, 4.69) is 41.2 Å². The Labute approximate surface area is 121 Å². The van der Waals surface area contributed by atoms with Gasteiger partial charge in [-0.15, -0.1) is 0 Å². The van der Waals surface area contributed by atoms with Crippen molar-refractivity contribution in [2.24, 2.45) is 0 Å². The second-order valence-electron chi connectivity index (χ2n) is 5.37. The Hall–Kier alpha value is -0.610. The summed E-state index contributed by atoms with van der Waals surface area (Å²) in [6.07, 6.45) is 0. The Kier molecular flexibility index (Phi) is 5.64. The molecule has 0 aromatic heterocycles. The molecule has 1 fully saturated rings. The van der Waals surface area contributed by atoms with Crippen LogP contribution < -0.4 is 5.32 Å². The molecular formula is C15H24ClN3. The lowest BCUT2D eigenvalue weighted by Crippen LogP contribution is -2.46. The Morgan fingerprint density at radius 3 is 2.42 bits per heavy atom. The first kappa shape index (κ1) is 14.8. The summed E-state index contributed by atoms with van der Waals surface area (Å²) in [5, 5.41) is 4.38. The van der Waals surface area contributed by atoms with Crippen LogP contribution in [0.15, 0.2) is 24.3 Å². The molecule has 0 amide bonds. The van der Waals surface area contributed by atoms with Gasteiger partial charge in [-0.1, -0.05) is 23.7 Å². The van der Waals surface area contributed by atoms with Crippen LogP contribution in [0.1, 0.15) is 18.5 Å². The predicted molar refractivity (Wildman–Crippen MR) is 81.8 cm³/mol. The third kappa shape index (κ3) is 4.77. The smallest absolute Gasteiger partial charge is 0.0406 e. The lowest BCUT2D eigenvalue weighted by Gasteiger charge is -2.32. The minimum absolute atomic E-state index is 0.379. The molecule has 19 heavy (non-hydrogen) atoms. The molecular weight excluding hydrogens is 258 g/mol. The third-order valence-electron chi connectivity index (χ3n) is 3.84. The second kappa shape index (κ2) is 7.25. The van der Waals surface area contributed by atoms with E-state index in [1.54, 1.807) is 0 Å². The van der Waals surface area contributed by atoms with Crippen molar-refractivity contribution >= 4 is 11.6 Å². The van der Waals surface area contributed by atoms with Gasteiger partial charge in [0.25, 0.3) is 0 Å². The minimum Gasteiger partial charge on any atom is -0.309 e. The van der Waals surface area contributed by atoms with Gasteiger partial charge in [0.15, 0.2) is 0 Å². The van der Waals surface area contributed by atoms with E-state index < -0.39 is 0 Å². The number of rotatable bonds is 5. The average molecular weight is 282 g/mol. The van der Waals surface area contributed by atoms with Crippen molar-refractivity contribution in [1.82, 2.24) is 15.1 Å². The summed E-state index contributed by atoms with van der Waals surface area (Å²) in [5.74, 6) is 0. The van der Waals surface area contributed by atoms with Crippen LogP contribution in [0.3, 0.4) is 0 Å². The third-order valence-corrected chi connectivity index (χ3v) is 4.10. The number of benzene rings is 1. The number of nitrogens with one attached hydrogen (secondary N) is 1. The van der Waals surface area contributed by atoms with E-state index in [1.165, 1.54) is 31.7 Å². The lowest BCUT2D eigenvalue weighted by molar-refractivity contribution is 0.154. The van der Waals surface area contributed by atoms with E-state index in [0.717, 1.165) is 18.1 Å². The molecule has 1 N–H and O–H groups in total. The Bertz CT molecular complexity index is 371. The number of nitrogens with zero attached hydrogens (tertiary/aromatic N) is 2. The van der Waals surface area contributed by atoms with Gasteiger partial charge in [-0.2, -0.15) is 0 Å². The van der Waals surface area contributed by atoms with E-state index in [0.29, 0.717) is 6.04 Å². The van der Waals surface area contributed by atoms with Gasteiger partial charge in [0.1, 0.15) is 0 Å². The van der Waals surface area contributed by atoms with E-state index in [4.69, 9.17) is 11.6 Å². The summed E-state index contributed by atoms with van der Waals surface area (Å²) in [6.45, 7) is 9.12. The molecule has 3 nitrogen and oxygen atoms in total. The number of piperazine rings is 1. The number of hydrogen-bond acceptors (Lipinski definition) is 3. The maximum Gasteiger partial charge on any atom is 0.0406 e. The highest BCUT2D eigenvalue weighted by molar-refractivity contribution is 6.30. The van der Waals surface area contributed by atoms with Gasteiger partial charge in [-0.05, 0) is 31.7 Å². The first-order valence-corrected chi connectivity index (χ1v) is 7.42. The normalized spacial score (nSPS) is 19.5. The van der Waals surface area contributed by atoms with Gasteiger partial charge in [-0.25, -0.2) is 0 Å². The van der Waals surface area contributed by atoms with Gasteiger partial charge in [0, 0.05) is 50.3 Å². The van der Waals surface area contributed by atoms with E-state index in [-0.39, 0.29) is 0 Å². The molecule has 1 atom stereocenters. The van der Waals surface area contributed by atoms with Crippen LogP contribution in [-0.4, -0.2) is 56.1 Å². The largest absolute Gasteiger partial charge is 0.309 e. The molecule has 1 aliphatic rings. The first-order chi connectivity index (χ1) is 9.15. The highest BCUT2D eigenvalue weighted by Crippen LogP contribution is 2.15. The van der Waals surface area contributed by atoms with Crippen molar-refractivity contribution in [3.05, 3.63) is 34.9 Å². The molecule has 106 valence electrons. The molecule has 0 aliphatic carbocycles. The van der Waals surface area contributed by atoms with Gasteiger partial charge < -0.3 is 10.2 Å². The topological polar surface area (TPSA) is 18.5 Å². The van der Waals surface area contributed by atoms with Crippen molar-refractivity contribution in [3.63, 3.8) is 0 Å². The van der Waals surface area contributed by atoms with Gasteiger partial charge in [-0.3, -0.25) is 4.90 Å². The summed E-state index contributed by atoms with van der Waals surface area (Å²) in [5.41, 5.74) is 1.29. The van der Waals surface area contributed by atoms with Crippen LogP contribution in [0.2, 0.25) is 5.02 Å². The minimum atomic E-state index is 0.379. The SMILES string of the molecule is CC(NCCN1CCN(C)CC1)c1ccc(Cl)cc1. The van der Waals surface area contributed by atoms with Crippen molar-refractivity contribution in [2.75, 3.05) is 46.3 Å².